The predicted octanol–water partition coefficient (Wildman–Crippen LogP) is -0.965. The van der Waals surface area contributed by atoms with Crippen LogP contribution in [-0.2, 0) is 27.2 Å². The lowest BCUT2D eigenvalue weighted by molar-refractivity contribution is -0.142. The number of aliphatic hydroxyl groups excluding tert-OH is 1. The van der Waals surface area contributed by atoms with Gasteiger partial charge in [-0.25, -0.2) is 9.78 Å². The number of benzene rings is 1. The van der Waals surface area contributed by atoms with Gasteiger partial charge in [0.2, 0.25) is 5.91 Å². The zero-order valence-electron chi connectivity index (χ0n) is 16.9. The number of aromatic nitrogens is 3. The molecule has 3 atom stereocenters. The van der Waals surface area contributed by atoms with Gasteiger partial charge in [0, 0.05) is 36.1 Å². The number of carbonyl (C=O) groups is 3. The fourth-order valence-corrected chi connectivity index (χ4v) is 3.21. The zero-order chi connectivity index (χ0) is 23.3. The van der Waals surface area contributed by atoms with E-state index in [1.807, 2.05) is 24.3 Å². The fourth-order valence-electron chi connectivity index (χ4n) is 3.21. The summed E-state index contributed by atoms with van der Waals surface area (Å²) in [6.45, 7) is -0.618. The molecule has 0 aliphatic heterocycles. The van der Waals surface area contributed by atoms with Crippen LogP contribution in [0.15, 0.2) is 43.0 Å². The molecule has 3 rings (SSSR count). The minimum absolute atomic E-state index is 0.0221. The molecule has 0 aliphatic rings. The quantitative estimate of drug-likeness (QED) is 0.195. The van der Waals surface area contributed by atoms with Crippen LogP contribution in [0.1, 0.15) is 11.3 Å². The number of aliphatic hydroxyl groups is 1. The highest BCUT2D eigenvalue weighted by molar-refractivity contribution is 5.89. The largest absolute Gasteiger partial charge is 0.480 e. The second-order valence-corrected chi connectivity index (χ2v) is 7.25. The lowest BCUT2D eigenvalue weighted by atomic mass is 10.0. The summed E-state index contributed by atoms with van der Waals surface area (Å²) < 4.78 is 1.28. The third-order valence-electron chi connectivity index (χ3n) is 4.90. The Bertz CT molecular complexity index is 1110. The van der Waals surface area contributed by atoms with Crippen molar-refractivity contribution in [2.45, 2.75) is 31.0 Å². The number of hydrogen-bond acceptors (Lipinski definition) is 7. The minimum atomic E-state index is -1.22. The molecule has 0 saturated heterocycles. The standard InChI is InChI=1S/C20H24N6O6/c21-14(19(29)30)6-12-8-26(10-23-12)25-17(9-27)18(28)24-16(20(31)32)5-11-7-22-15-4-2-1-3-13(11)15/h1-4,7-8,10,14,16-17,22,25,27H,5-6,9,21H2,(H,24,28)(H,29,30)(H,31,32)/t14-,16-,17-/m0/s1. The fraction of sp³-hybridized carbons (Fsp3) is 0.300. The molecule has 12 heteroatoms. The summed E-state index contributed by atoms with van der Waals surface area (Å²) in [6, 6.07) is 3.89. The van der Waals surface area contributed by atoms with E-state index in [1.165, 1.54) is 17.2 Å². The second-order valence-electron chi connectivity index (χ2n) is 7.25. The van der Waals surface area contributed by atoms with Gasteiger partial charge in [0.05, 0.1) is 12.3 Å². The van der Waals surface area contributed by atoms with Crippen molar-refractivity contribution in [1.29, 1.82) is 0 Å². The maximum absolute atomic E-state index is 12.6. The SMILES string of the molecule is N[C@@H](Cc1cn(N[C@@H](CO)C(=O)N[C@@H](Cc2c[nH]c3ccccc23)C(=O)O)cn1)C(=O)O. The Labute approximate surface area is 182 Å². The summed E-state index contributed by atoms with van der Waals surface area (Å²) in [7, 11) is 0. The molecule has 2 aromatic heterocycles. The molecule has 0 unspecified atom stereocenters. The number of carbonyl (C=O) groups excluding carboxylic acids is 1. The van der Waals surface area contributed by atoms with E-state index >= 15 is 0 Å². The summed E-state index contributed by atoms with van der Waals surface area (Å²) in [6.07, 6.45) is 4.44. The summed E-state index contributed by atoms with van der Waals surface area (Å²) in [5, 5.41) is 31.4. The number of H-pyrrole nitrogens is 1. The number of hydrogen-bond donors (Lipinski definition) is 7. The van der Waals surface area contributed by atoms with Crippen molar-refractivity contribution < 1.29 is 29.7 Å². The van der Waals surface area contributed by atoms with E-state index < -0.39 is 42.6 Å². The normalized spacial score (nSPS) is 13.9. The topological polar surface area (TPSA) is 196 Å². The minimum Gasteiger partial charge on any atom is -0.480 e. The van der Waals surface area contributed by atoms with E-state index in [0.717, 1.165) is 16.5 Å². The number of fused-ring (bicyclic) bond motifs is 1. The van der Waals surface area contributed by atoms with Crippen molar-refractivity contribution in [3.05, 3.63) is 54.2 Å². The first-order valence-corrected chi connectivity index (χ1v) is 9.75. The highest BCUT2D eigenvalue weighted by Gasteiger charge is 2.26. The Morgan fingerprint density at radius 2 is 1.88 bits per heavy atom. The van der Waals surface area contributed by atoms with Crippen LogP contribution in [0.4, 0.5) is 0 Å². The molecule has 0 spiro atoms. The number of amides is 1. The molecule has 12 nitrogen and oxygen atoms in total. The number of carboxylic acid groups (broad SMARTS) is 2. The van der Waals surface area contributed by atoms with Crippen molar-refractivity contribution in [3.63, 3.8) is 0 Å². The van der Waals surface area contributed by atoms with E-state index in [9.17, 15) is 24.6 Å². The molecule has 8 N–H and O–H groups in total. The number of imidazole rings is 1. The van der Waals surface area contributed by atoms with Gasteiger partial charge < -0.3 is 36.8 Å². The maximum atomic E-state index is 12.6. The third-order valence-corrected chi connectivity index (χ3v) is 4.90. The molecule has 170 valence electrons. The van der Waals surface area contributed by atoms with Crippen LogP contribution >= 0.6 is 0 Å². The molecule has 2 heterocycles. The van der Waals surface area contributed by atoms with Crippen LogP contribution < -0.4 is 16.5 Å². The summed E-state index contributed by atoms with van der Waals surface area (Å²) in [5.41, 5.74) is 10.1. The van der Waals surface area contributed by atoms with Gasteiger partial charge in [-0.3, -0.25) is 14.3 Å². The van der Waals surface area contributed by atoms with Crippen LogP contribution in [0.2, 0.25) is 0 Å². The van der Waals surface area contributed by atoms with E-state index in [0.29, 0.717) is 5.69 Å². The van der Waals surface area contributed by atoms with Gasteiger partial charge in [0.15, 0.2) is 0 Å². The average Bonchev–Trinajstić information content (AvgIpc) is 3.38. The zero-order valence-corrected chi connectivity index (χ0v) is 16.9. The molecule has 0 aliphatic carbocycles. The van der Waals surface area contributed by atoms with Gasteiger partial charge in [-0.05, 0) is 11.6 Å². The van der Waals surface area contributed by atoms with E-state index in [1.54, 1.807) is 6.20 Å². The lowest BCUT2D eigenvalue weighted by Crippen LogP contribution is -2.51. The summed E-state index contributed by atoms with van der Waals surface area (Å²) >= 11 is 0. The first kappa shape index (κ1) is 22.8. The number of rotatable bonds is 11. The van der Waals surface area contributed by atoms with Gasteiger partial charge in [-0.15, -0.1) is 0 Å². The number of para-hydroxylation sites is 1. The van der Waals surface area contributed by atoms with Crippen LogP contribution in [0, 0.1) is 0 Å². The number of carboxylic acids is 2. The van der Waals surface area contributed by atoms with Crippen LogP contribution in [0.25, 0.3) is 10.9 Å². The number of nitrogens with zero attached hydrogens (tertiary/aromatic N) is 2. The average molecular weight is 444 g/mol. The Morgan fingerprint density at radius 3 is 2.56 bits per heavy atom. The number of nitrogens with one attached hydrogen (secondary N) is 3. The smallest absolute Gasteiger partial charge is 0.326 e. The molecule has 1 amide bonds. The Balaban J connectivity index is 1.65. The number of aromatic amines is 1. The van der Waals surface area contributed by atoms with Gasteiger partial charge >= 0.3 is 11.9 Å². The molecular formula is C20H24N6O6. The predicted molar refractivity (Wildman–Crippen MR) is 113 cm³/mol. The van der Waals surface area contributed by atoms with Crippen molar-refractivity contribution in [3.8, 4) is 0 Å². The van der Waals surface area contributed by atoms with Gasteiger partial charge in [0.1, 0.15) is 24.5 Å². The first-order chi connectivity index (χ1) is 15.3. The van der Waals surface area contributed by atoms with E-state index in [-0.39, 0.29) is 12.8 Å². The summed E-state index contributed by atoms with van der Waals surface area (Å²) in [4.78, 5) is 42.3. The monoisotopic (exact) mass is 444 g/mol. The van der Waals surface area contributed by atoms with E-state index in [4.69, 9.17) is 10.8 Å². The Morgan fingerprint density at radius 1 is 1.12 bits per heavy atom. The van der Waals surface area contributed by atoms with Gasteiger partial charge in [0.25, 0.3) is 0 Å². The molecule has 0 saturated carbocycles. The Kier molecular flexibility index (Phi) is 7.07. The number of nitrogens with two attached hydrogens (primary N) is 1. The van der Waals surface area contributed by atoms with Crippen molar-refractivity contribution in [2.24, 2.45) is 5.73 Å². The van der Waals surface area contributed by atoms with Crippen LogP contribution in [-0.4, -0.2) is 72.5 Å². The van der Waals surface area contributed by atoms with Crippen molar-refractivity contribution in [1.82, 2.24) is 20.0 Å². The molecule has 32 heavy (non-hydrogen) atoms. The second kappa shape index (κ2) is 9.94. The van der Waals surface area contributed by atoms with Crippen molar-refractivity contribution >= 4 is 28.7 Å². The van der Waals surface area contributed by atoms with E-state index in [2.05, 4.69) is 20.7 Å². The Hall–Kier alpha value is -3.90. The highest BCUT2D eigenvalue weighted by atomic mass is 16.4. The molecule has 0 bridgehead atoms. The van der Waals surface area contributed by atoms with Gasteiger partial charge in [-0.1, -0.05) is 18.2 Å². The molecule has 0 radical (unpaired) electrons. The lowest BCUT2D eigenvalue weighted by Gasteiger charge is -2.21. The van der Waals surface area contributed by atoms with Crippen LogP contribution in [0.5, 0.6) is 0 Å². The van der Waals surface area contributed by atoms with Gasteiger partial charge in [-0.2, -0.15) is 0 Å². The molecule has 3 aromatic rings. The third kappa shape index (κ3) is 5.42. The van der Waals surface area contributed by atoms with Crippen molar-refractivity contribution in [2.75, 3.05) is 12.0 Å². The highest BCUT2D eigenvalue weighted by Crippen LogP contribution is 2.19. The molecular weight excluding hydrogens is 420 g/mol. The number of aliphatic carboxylic acids is 2. The van der Waals surface area contributed by atoms with Crippen LogP contribution in [0.3, 0.4) is 0 Å². The molecule has 1 aromatic carbocycles. The first-order valence-electron chi connectivity index (χ1n) is 9.75. The molecule has 0 fully saturated rings. The maximum Gasteiger partial charge on any atom is 0.326 e. The summed E-state index contributed by atoms with van der Waals surface area (Å²) in [5.74, 6) is -3.11.